The standard InChI is InChI=1S/C16H11FN4O3/c17-11-3-1-10(2-4-11)15-9-14(16(18)22)19-20(15)12-5-7-13(8-6-12)21(23)24/h1-9H,(H2,18,22). The summed E-state index contributed by atoms with van der Waals surface area (Å²) in [4.78, 5) is 21.7. The topological polar surface area (TPSA) is 104 Å². The average molecular weight is 326 g/mol. The van der Waals surface area contributed by atoms with E-state index in [9.17, 15) is 19.3 Å². The number of carbonyl (C=O) groups excluding carboxylic acids is 1. The Morgan fingerprint density at radius 1 is 1.12 bits per heavy atom. The highest BCUT2D eigenvalue weighted by Gasteiger charge is 2.15. The lowest BCUT2D eigenvalue weighted by Gasteiger charge is -2.07. The first kappa shape index (κ1) is 15.3. The Hall–Kier alpha value is -3.55. The fourth-order valence-electron chi connectivity index (χ4n) is 2.24. The van der Waals surface area contributed by atoms with Gasteiger partial charge in [-0.15, -0.1) is 0 Å². The number of hydrogen-bond acceptors (Lipinski definition) is 4. The molecule has 0 bridgehead atoms. The first-order valence-electron chi connectivity index (χ1n) is 6.86. The van der Waals surface area contributed by atoms with Crippen molar-refractivity contribution < 1.29 is 14.1 Å². The molecule has 1 amide bonds. The first-order chi connectivity index (χ1) is 11.5. The fourth-order valence-corrected chi connectivity index (χ4v) is 2.24. The minimum atomic E-state index is -0.709. The Morgan fingerprint density at radius 3 is 2.29 bits per heavy atom. The van der Waals surface area contributed by atoms with Crippen molar-refractivity contribution in [2.75, 3.05) is 0 Å². The number of nitro benzene ring substituents is 1. The zero-order chi connectivity index (χ0) is 17.3. The van der Waals surface area contributed by atoms with Crippen molar-refractivity contribution in [2.24, 2.45) is 5.73 Å². The van der Waals surface area contributed by atoms with E-state index in [-0.39, 0.29) is 11.4 Å². The largest absolute Gasteiger partial charge is 0.364 e. The highest BCUT2D eigenvalue weighted by molar-refractivity contribution is 5.92. The second-order valence-electron chi connectivity index (χ2n) is 4.97. The van der Waals surface area contributed by atoms with E-state index in [0.29, 0.717) is 16.9 Å². The Kier molecular flexibility index (Phi) is 3.78. The second-order valence-corrected chi connectivity index (χ2v) is 4.97. The summed E-state index contributed by atoms with van der Waals surface area (Å²) < 4.78 is 14.5. The molecule has 8 heteroatoms. The van der Waals surface area contributed by atoms with Crippen molar-refractivity contribution >= 4 is 11.6 Å². The van der Waals surface area contributed by atoms with E-state index >= 15 is 0 Å². The molecular formula is C16H11FN4O3. The number of hydrogen-bond donors (Lipinski definition) is 1. The van der Waals surface area contributed by atoms with E-state index in [4.69, 9.17) is 5.73 Å². The summed E-state index contributed by atoms with van der Waals surface area (Å²) in [7, 11) is 0. The van der Waals surface area contributed by atoms with Crippen LogP contribution in [0.2, 0.25) is 0 Å². The van der Waals surface area contributed by atoms with E-state index < -0.39 is 16.6 Å². The van der Waals surface area contributed by atoms with Gasteiger partial charge in [0.2, 0.25) is 0 Å². The van der Waals surface area contributed by atoms with Crippen LogP contribution in [0.3, 0.4) is 0 Å². The minimum Gasteiger partial charge on any atom is -0.364 e. The molecule has 3 rings (SSSR count). The molecule has 7 nitrogen and oxygen atoms in total. The van der Waals surface area contributed by atoms with Crippen molar-refractivity contribution in [3.63, 3.8) is 0 Å². The number of carbonyl (C=O) groups is 1. The number of primary amides is 1. The SMILES string of the molecule is NC(=O)c1cc(-c2ccc(F)cc2)n(-c2ccc([N+](=O)[O-])cc2)n1. The molecule has 2 aromatic carbocycles. The Bertz CT molecular complexity index is 918. The number of nitro groups is 1. The van der Waals surface area contributed by atoms with Gasteiger partial charge in [0.25, 0.3) is 11.6 Å². The highest BCUT2D eigenvalue weighted by atomic mass is 19.1. The summed E-state index contributed by atoms with van der Waals surface area (Å²) in [5.74, 6) is -1.10. The lowest BCUT2D eigenvalue weighted by molar-refractivity contribution is -0.384. The molecule has 0 aliphatic heterocycles. The zero-order valence-electron chi connectivity index (χ0n) is 12.2. The molecule has 24 heavy (non-hydrogen) atoms. The van der Waals surface area contributed by atoms with Gasteiger partial charge in [-0.05, 0) is 42.5 Å². The molecule has 2 N–H and O–H groups in total. The lowest BCUT2D eigenvalue weighted by atomic mass is 10.1. The Labute approximate surface area is 135 Å². The van der Waals surface area contributed by atoms with Crippen LogP contribution in [0.4, 0.5) is 10.1 Å². The fraction of sp³-hybridized carbons (Fsp3) is 0. The normalized spacial score (nSPS) is 10.5. The number of aromatic nitrogens is 2. The van der Waals surface area contributed by atoms with Crippen LogP contribution in [0.1, 0.15) is 10.5 Å². The summed E-state index contributed by atoms with van der Waals surface area (Å²) in [6.07, 6.45) is 0. The summed E-state index contributed by atoms with van der Waals surface area (Å²) >= 11 is 0. The van der Waals surface area contributed by atoms with Crippen molar-refractivity contribution in [2.45, 2.75) is 0 Å². The molecule has 0 aliphatic carbocycles. The second kappa shape index (κ2) is 5.92. The maximum absolute atomic E-state index is 13.1. The van der Waals surface area contributed by atoms with Gasteiger partial charge in [-0.2, -0.15) is 5.10 Å². The molecule has 1 heterocycles. The van der Waals surface area contributed by atoms with Gasteiger partial charge in [-0.25, -0.2) is 9.07 Å². The Balaban J connectivity index is 2.13. The van der Waals surface area contributed by atoms with Crippen LogP contribution >= 0.6 is 0 Å². The number of nitrogens with zero attached hydrogens (tertiary/aromatic N) is 3. The lowest BCUT2D eigenvalue weighted by Crippen LogP contribution is -2.12. The highest BCUT2D eigenvalue weighted by Crippen LogP contribution is 2.25. The van der Waals surface area contributed by atoms with E-state index in [2.05, 4.69) is 5.10 Å². The molecule has 0 radical (unpaired) electrons. The molecule has 0 atom stereocenters. The van der Waals surface area contributed by atoms with Crippen LogP contribution in [0.5, 0.6) is 0 Å². The van der Waals surface area contributed by atoms with Crippen molar-refractivity contribution in [1.29, 1.82) is 0 Å². The van der Waals surface area contributed by atoms with E-state index in [1.165, 1.54) is 47.1 Å². The molecule has 0 fully saturated rings. The maximum atomic E-state index is 13.1. The smallest absolute Gasteiger partial charge is 0.269 e. The van der Waals surface area contributed by atoms with Gasteiger partial charge < -0.3 is 5.73 Å². The average Bonchev–Trinajstić information content (AvgIpc) is 3.01. The van der Waals surface area contributed by atoms with Crippen LogP contribution in [-0.4, -0.2) is 20.6 Å². The van der Waals surface area contributed by atoms with Gasteiger partial charge in [0.1, 0.15) is 5.82 Å². The number of amides is 1. The molecule has 0 saturated carbocycles. The van der Waals surface area contributed by atoms with Gasteiger partial charge in [0.15, 0.2) is 5.69 Å². The molecule has 3 aromatic rings. The van der Waals surface area contributed by atoms with Gasteiger partial charge in [-0.1, -0.05) is 0 Å². The van der Waals surface area contributed by atoms with Crippen molar-refractivity contribution in [1.82, 2.24) is 9.78 Å². The molecule has 0 spiro atoms. The first-order valence-corrected chi connectivity index (χ1v) is 6.86. The molecule has 120 valence electrons. The number of rotatable bonds is 4. The Morgan fingerprint density at radius 2 is 1.75 bits per heavy atom. The third kappa shape index (κ3) is 2.84. The number of halogens is 1. The molecule has 1 aromatic heterocycles. The van der Waals surface area contributed by atoms with E-state index in [0.717, 1.165) is 0 Å². The summed E-state index contributed by atoms with van der Waals surface area (Å²) in [5, 5.41) is 14.9. The molecule has 0 unspecified atom stereocenters. The number of nitrogens with two attached hydrogens (primary N) is 1. The zero-order valence-corrected chi connectivity index (χ0v) is 12.2. The quantitative estimate of drug-likeness (QED) is 0.588. The van der Waals surface area contributed by atoms with E-state index in [1.807, 2.05) is 0 Å². The molecule has 0 saturated heterocycles. The predicted octanol–water partition coefficient (Wildman–Crippen LogP) is 2.69. The summed E-state index contributed by atoms with van der Waals surface area (Å²) in [5.41, 5.74) is 6.88. The van der Waals surface area contributed by atoms with Crippen LogP contribution in [-0.2, 0) is 0 Å². The van der Waals surface area contributed by atoms with E-state index in [1.54, 1.807) is 12.1 Å². The molecular weight excluding hydrogens is 315 g/mol. The minimum absolute atomic E-state index is 0.0349. The van der Waals surface area contributed by atoms with Gasteiger partial charge in [-0.3, -0.25) is 14.9 Å². The maximum Gasteiger partial charge on any atom is 0.269 e. The van der Waals surface area contributed by atoms with Crippen LogP contribution in [0, 0.1) is 15.9 Å². The van der Waals surface area contributed by atoms with Crippen molar-refractivity contribution in [3.8, 4) is 16.9 Å². The number of non-ortho nitro benzene ring substituents is 1. The number of benzene rings is 2. The van der Waals surface area contributed by atoms with Crippen LogP contribution in [0.25, 0.3) is 16.9 Å². The summed E-state index contributed by atoms with van der Waals surface area (Å²) in [6, 6.07) is 12.8. The monoisotopic (exact) mass is 326 g/mol. The van der Waals surface area contributed by atoms with Gasteiger partial charge in [0, 0.05) is 17.7 Å². The predicted molar refractivity (Wildman–Crippen MR) is 84.1 cm³/mol. The third-order valence-electron chi connectivity index (χ3n) is 3.41. The van der Waals surface area contributed by atoms with Crippen LogP contribution < -0.4 is 5.73 Å². The summed E-state index contributed by atoms with van der Waals surface area (Å²) in [6.45, 7) is 0. The van der Waals surface area contributed by atoms with Gasteiger partial charge in [0.05, 0.1) is 16.3 Å². The molecule has 0 aliphatic rings. The third-order valence-corrected chi connectivity index (χ3v) is 3.41. The van der Waals surface area contributed by atoms with Gasteiger partial charge >= 0.3 is 0 Å². The van der Waals surface area contributed by atoms with Crippen molar-refractivity contribution in [3.05, 3.63) is 76.2 Å². The van der Waals surface area contributed by atoms with Crippen LogP contribution in [0.15, 0.2) is 54.6 Å².